The number of aliphatic hydroxyl groups excluding tert-OH is 5. The first-order valence-electron chi connectivity index (χ1n) is 6.68. The first kappa shape index (κ1) is 18.3. The molecule has 1 rings (SSSR count). The smallest absolute Gasteiger partial charge is 0.330 e. The Morgan fingerprint density at radius 2 is 1.64 bits per heavy atom. The third-order valence-electron chi connectivity index (χ3n) is 2.93. The fourth-order valence-corrected chi connectivity index (χ4v) is 1.61. The highest BCUT2D eigenvalue weighted by Crippen LogP contribution is 2.06. The van der Waals surface area contributed by atoms with Crippen LogP contribution in [0.1, 0.15) is 5.56 Å². The molecule has 7 nitrogen and oxygen atoms in total. The Labute approximate surface area is 127 Å². The quantitative estimate of drug-likeness (QED) is 0.297. The molecule has 0 radical (unpaired) electrons. The van der Waals surface area contributed by atoms with E-state index in [-0.39, 0.29) is 0 Å². The molecule has 0 bridgehead atoms. The van der Waals surface area contributed by atoms with E-state index < -0.39 is 43.6 Å². The number of esters is 1. The van der Waals surface area contributed by atoms with Crippen molar-refractivity contribution in [3.8, 4) is 0 Å². The van der Waals surface area contributed by atoms with Gasteiger partial charge in [0.15, 0.2) is 0 Å². The summed E-state index contributed by atoms with van der Waals surface area (Å²) in [5.74, 6) is -0.729. The molecule has 22 heavy (non-hydrogen) atoms. The molecule has 0 fully saturated rings. The normalized spacial score (nSPS) is 17.0. The van der Waals surface area contributed by atoms with Crippen LogP contribution in [-0.4, -0.2) is 69.1 Å². The lowest BCUT2D eigenvalue weighted by atomic mass is 10.0. The van der Waals surface area contributed by atoms with E-state index in [1.807, 2.05) is 6.07 Å². The number of hydrogen-bond donors (Lipinski definition) is 5. The summed E-state index contributed by atoms with van der Waals surface area (Å²) in [5, 5.41) is 46.3. The number of carbonyl (C=O) groups is 1. The molecule has 0 amide bonds. The van der Waals surface area contributed by atoms with Crippen molar-refractivity contribution in [2.75, 3.05) is 13.2 Å². The Balaban J connectivity index is 2.41. The van der Waals surface area contributed by atoms with E-state index in [2.05, 4.69) is 0 Å². The number of rotatable bonds is 8. The average Bonchev–Trinajstić information content (AvgIpc) is 2.56. The molecule has 1 aromatic rings. The molecule has 0 aliphatic rings. The highest BCUT2D eigenvalue weighted by molar-refractivity contribution is 5.87. The van der Waals surface area contributed by atoms with Gasteiger partial charge in [-0.05, 0) is 11.6 Å². The Morgan fingerprint density at radius 1 is 1.05 bits per heavy atom. The van der Waals surface area contributed by atoms with Crippen molar-refractivity contribution in [1.82, 2.24) is 0 Å². The average molecular weight is 312 g/mol. The van der Waals surface area contributed by atoms with Crippen LogP contribution in [0.5, 0.6) is 0 Å². The van der Waals surface area contributed by atoms with Crippen LogP contribution in [0, 0.1) is 0 Å². The first-order valence-corrected chi connectivity index (χ1v) is 6.68. The molecule has 0 saturated heterocycles. The monoisotopic (exact) mass is 312 g/mol. The van der Waals surface area contributed by atoms with E-state index in [0.29, 0.717) is 0 Å². The molecule has 0 heterocycles. The Kier molecular flexibility index (Phi) is 7.72. The molecule has 0 unspecified atom stereocenters. The summed E-state index contributed by atoms with van der Waals surface area (Å²) in [6, 6.07) is 9.02. The summed E-state index contributed by atoms with van der Waals surface area (Å²) in [6.45, 7) is -1.33. The van der Waals surface area contributed by atoms with Crippen molar-refractivity contribution in [2.45, 2.75) is 24.4 Å². The van der Waals surface area contributed by atoms with Crippen molar-refractivity contribution in [1.29, 1.82) is 0 Å². The van der Waals surface area contributed by atoms with E-state index in [4.69, 9.17) is 14.9 Å². The molecule has 0 aliphatic heterocycles. The highest BCUT2D eigenvalue weighted by atomic mass is 16.5. The maximum atomic E-state index is 11.4. The zero-order valence-electron chi connectivity index (χ0n) is 11.8. The molecular weight excluding hydrogens is 292 g/mol. The predicted octanol–water partition coefficient (Wildman–Crippen LogP) is -1.32. The van der Waals surface area contributed by atoms with Gasteiger partial charge in [-0.15, -0.1) is 0 Å². The highest BCUT2D eigenvalue weighted by Gasteiger charge is 2.30. The second-order valence-electron chi connectivity index (χ2n) is 4.67. The summed E-state index contributed by atoms with van der Waals surface area (Å²) >= 11 is 0. The number of hydrogen-bond acceptors (Lipinski definition) is 7. The fourth-order valence-electron chi connectivity index (χ4n) is 1.61. The standard InChI is InChI=1S/C15H20O7/c16-8-11(17)14(20)15(21)12(18)9-22-13(19)7-6-10-4-2-1-3-5-10/h1-7,11-12,14-18,20-21H,8-9H2/t11-,12+,14-,15+/m1/s1. The third-order valence-corrected chi connectivity index (χ3v) is 2.93. The summed E-state index contributed by atoms with van der Waals surface area (Å²) in [6.07, 6.45) is -4.02. The van der Waals surface area contributed by atoms with Crippen LogP contribution in [0.4, 0.5) is 0 Å². The van der Waals surface area contributed by atoms with Gasteiger partial charge in [-0.1, -0.05) is 30.3 Å². The van der Waals surface area contributed by atoms with Gasteiger partial charge in [-0.2, -0.15) is 0 Å². The second kappa shape index (κ2) is 9.29. The number of aliphatic hydroxyl groups is 5. The van der Waals surface area contributed by atoms with Gasteiger partial charge in [-0.25, -0.2) is 4.79 Å². The summed E-state index contributed by atoms with van der Waals surface area (Å²) in [7, 11) is 0. The maximum Gasteiger partial charge on any atom is 0.330 e. The molecule has 1 aromatic carbocycles. The predicted molar refractivity (Wildman–Crippen MR) is 77.5 cm³/mol. The minimum absolute atomic E-state index is 0.561. The molecule has 7 heteroatoms. The molecular formula is C15H20O7. The van der Waals surface area contributed by atoms with Gasteiger partial charge in [-0.3, -0.25) is 0 Å². The molecule has 0 aliphatic carbocycles. The van der Waals surface area contributed by atoms with E-state index in [1.165, 1.54) is 6.08 Å². The summed E-state index contributed by atoms with van der Waals surface area (Å²) in [5.41, 5.74) is 0.793. The Bertz CT molecular complexity index is 474. The van der Waals surface area contributed by atoms with Gasteiger partial charge in [0.25, 0.3) is 0 Å². The van der Waals surface area contributed by atoms with Crippen molar-refractivity contribution >= 4 is 12.0 Å². The van der Waals surface area contributed by atoms with E-state index in [0.717, 1.165) is 11.6 Å². The van der Waals surface area contributed by atoms with Crippen molar-refractivity contribution in [3.63, 3.8) is 0 Å². The van der Waals surface area contributed by atoms with Crippen molar-refractivity contribution in [2.24, 2.45) is 0 Å². The Morgan fingerprint density at radius 3 is 2.23 bits per heavy atom. The fraction of sp³-hybridized carbons (Fsp3) is 0.400. The van der Waals surface area contributed by atoms with E-state index >= 15 is 0 Å². The summed E-state index contributed by atoms with van der Waals surface area (Å²) in [4.78, 5) is 11.4. The zero-order valence-corrected chi connectivity index (χ0v) is 11.8. The maximum absolute atomic E-state index is 11.4. The lowest BCUT2D eigenvalue weighted by Gasteiger charge is -2.25. The van der Waals surface area contributed by atoms with E-state index in [9.17, 15) is 20.1 Å². The molecule has 0 saturated carbocycles. The van der Waals surface area contributed by atoms with Crippen LogP contribution in [0.2, 0.25) is 0 Å². The molecule has 0 spiro atoms. The molecule has 122 valence electrons. The van der Waals surface area contributed by atoms with E-state index in [1.54, 1.807) is 24.3 Å². The van der Waals surface area contributed by atoms with Gasteiger partial charge in [0.05, 0.1) is 6.61 Å². The van der Waals surface area contributed by atoms with Gasteiger partial charge < -0.3 is 30.3 Å². The van der Waals surface area contributed by atoms with Gasteiger partial charge in [0.1, 0.15) is 31.0 Å². The number of ether oxygens (including phenoxy) is 1. The van der Waals surface area contributed by atoms with Crippen molar-refractivity contribution in [3.05, 3.63) is 42.0 Å². The SMILES string of the molecule is O=C(C=Cc1ccccc1)OC[C@H](O)[C@H](O)[C@H](O)[C@H](O)CO. The lowest BCUT2D eigenvalue weighted by Crippen LogP contribution is -2.47. The first-order chi connectivity index (χ1) is 10.5. The lowest BCUT2D eigenvalue weighted by molar-refractivity contribution is -0.151. The summed E-state index contributed by atoms with van der Waals surface area (Å²) < 4.78 is 4.72. The van der Waals surface area contributed by atoms with Gasteiger partial charge in [0, 0.05) is 6.08 Å². The topological polar surface area (TPSA) is 127 Å². The van der Waals surface area contributed by atoms with Crippen LogP contribution in [0.15, 0.2) is 36.4 Å². The zero-order chi connectivity index (χ0) is 16.5. The Hall–Kier alpha value is -1.77. The van der Waals surface area contributed by atoms with Crippen LogP contribution in [-0.2, 0) is 9.53 Å². The van der Waals surface area contributed by atoms with Crippen LogP contribution >= 0.6 is 0 Å². The minimum atomic E-state index is -1.76. The largest absolute Gasteiger partial charge is 0.460 e. The second-order valence-corrected chi connectivity index (χ2v) is 4.67. The number of benzene rings is 1. The third kappa shape index (κ3) is 5.92. The molecule has 0 aromatic heterocycles. The van der Waals surface area contributed by atoms with Crippen LogP contribution in [0.25, 0.3) is 6.08 Å². The molecule has 5 N–H and O–H groups in total. The minimum Gasteiger partial charge on any atom is -0.460 e. The molecule has 4 atom stereocenters. The van der Waals surface area contributed by atoms with Crippen LogP contribution in [0.3, 0.4) is 0 Å². The van der Waals surface area contributed by atoms with Gasteiger partial charge in [0.2, 0.25) is 0 Å². The van der Waals surface area contributed by atoms with Crippen LogP contribution < -0.4 is 0 Å². The van der Waals surface area contributed by atoms with Crippen molar-refractivity contribution < 1.29 is 35.1 Å². The number of carbonyl (C=O) groups excluding carboxylic acids is 1. The van der Waals surface area contributed by atoms with Gasteiger partial charge >= 0.3 is 5.97 Å².